The number of rotatable bonds is 8. The highest BCUT2D eigenvalue weighted by atomic mass is 35.5. The molecule has 0 aliphatic carbocycles. The van der Waals surface area contributed by atoms with Crippen LogP contribution in [0.25, 0.3) is 10.1 Å². The molecule has 1 fully saturated rings. The van der Waals surface area contributed by atoms with Gasteiger partial charge in [-0.3, -0.25) is 15.5 Å². The lowest BCUT2D eigenvalue weighted by molar-refractivity contribution is 0.0953. The average Bonchev–Trinajstić information content (AvgIpc) is 3.23. The van der Waals surface area contributed by atoms with Gasteiger partial charge in [-0.25, -0.2) is 0 Å². The molecule has 0 bridgehead atoms. The van der Waals surface area contributed by atoms with E-state index >= 15 is 0 Å². The summed E-state index contributed by atoms with van der Waals surface area (Å²) in [5.41, 5.74) is 3.78. The minimum atomic E-state index is -0.0901. The van der Waals surface area contributed by atoms with Crippen molar-refractivity contribution in [3.63, 3.8) is 0 Å². The van der Waals surface area contributed by atoms with Crippen LogP contribution in [-0.2, 0) is 0 Å². The van der Waals surface area contributed by atoms with Gasteiger partial charge >= 0.3 is 0 Å². The van der Waals surface area contributed by atoms with Crippen LogP contribution >= 0.6 is 36.3 Å². The van der Waals surface area contributed by atoms with Crippen LogP contribution in [0.3, 0.4) is 0 Å². The Morgan fingerprint density at radius 3 is 2.45 bits per heavy atom. The normalized spacial score (nSPS) is 13.4. The summed E-state index contributed by atoms with van der Waals surface area (Å²) < 4.78 is 5.93. The number of benzene rings is 2. The molecule has 1 saturated heterocycles. The summed E-state index contributed by atoms with van der Waals surface area (Å²) in [6.45, 7) is 5.84. The third kappa shape index (κ3) is 7.17. The molecular weight excluding hydrogens is 483 g/mol. The topological polar surface area (TPSA) is 118 Å². The highest BCUT2D eigenvalue weighted by molar-refractivity contribution is 7.13. The molecule has 0 spiro atoms. The molecule has 3 aromatic rings. The van der Waals surface area contributed by atoms with E-state index < -0.39 is 0 Å². The van der Waals surface area contributed by atoms with E-state index in [1.807, 2.05) is 12.1 Å². The fraction of sp³-hybridized carbons (Fsp3) is 0.364. The fourth-order valence-electron chi connectivity index (χ4n) is 3.85. The van der Waals surface area contributed by atoms with Crippen molar-refractivity contribution < 1.29 is 10.3 Å². The lowest BCUT2D eigenvalue weighted by atomic mass is 10.1. The summed E-state index contributed by atoms with van der Waals surface area (Å²) in [6, 6.07) is 15.7. The highest BCUT2D eigenvalue weighted by Crippen LogP contribution is 2.29. The first-order valence-electron chi connectivity index (χ1n) is 10.4. The molecule has 0 radical (unpaired) electrons. The summed E-state index contributed by atoms with van der Waals surface area (Å²) in [4.78, 5) is 17.2. The minimum Gasteiger partial charge on any atom is -0.412 e. The molecule has 182 valence electrons. The predicted molar refractivity (Wildman–Crippen MR) is 142 cm³/mol. The van der Waals surface area contributed by atoms with Crippen LogP contribution in [0.2, 0.25) is 0 Å². The third-order valence-electron chi connectivity index (χ3n) is 5.54. The Labute approximate surface area is 210 Å². The van der Waals surface area contributed by atoms with E-state index in [1.165, 1.54) is 10.1 Å². The van der Waals surface area contributed by atoms with Crippen molar-refractivity contribution in [2.24, 2.45) is 5.84 Å². The Morgan fingerprint density at radius 2 is 1.70 bits per heavy atom. The van der Waals surface area contributed by atoms with Gasteiger partial charge in [-0.05, 0) is 55.2 Å². The van der Waals surface area contributed by atoms with Gasteiger partial charge in [-0.15, -0.1) is 24.8 Å². The van der Waals surface area contributed by atoms with Crippen LogP contribution in [0, 0.1) is 0 Å². The zero-order valence-corrected chi connectivity index (χ0v) is 20.8. The number of aromatic nitrogens is 1. The number of halogens is 2. The second-order valence-electron chi connectivity index (χ2n) is 7.48. The molecule has 4 rings (SSSR count). The zero-order chi connectivity index (χ0) is 20.8. The van der Waals surface area contributed by atoms with Crippen molar-refractivity contribution in [3.8, 4) is 0 Å². The van der Waals surface area contributed by atoms with Crippen molar-refractivity contribution in [2.75, 3.05) is 49.6 Å². The van der Waals surface area contributed by atoms with Crippen LogP contribution < -0.4 is 21.5 Å². The Hall–Kier alpha value is -2.14. The van der Waals surface area contributed by atoms with Crippen LogP contribution in [0.4, 0.5) is 11.5 Å². The number of carbonyl (C=O) groups excluding carboxylic acids is 1. The van der Waals surface area contributed by atoms with Crippen molar-refractivity contribution in [1.82, 2.24) is 14.6 Å². The number of unbranched alkanes of at least 4 members (excludes halogenated alkanes) is 1. The van der Waals surface area contributed by atoms with Gasteiger partial charge in [0.2, 0.25) is 0 Å². The lowest BCUT2D eigenvalue weighted by Gasteiger charge is -2.35. The van der Waals surface area contributed by atoms with Crippen LogP contribution in [-0.4, -0.2) is 59.9 Å². The Bertz CT molecular complexity index is 998. The number of hydrogen-bond donors (Lipinski definition) is 3. The van der Waals surface area contributed by atoms with Gasteiger partial charge in [-0.1, -0.05) is 24.3 Å². The molecular formula is C22H32Cl2N6O2S. The van der Waals surface area contributed by atoms with Crippen molar-refractivity contribution >= 4 is 63.8 Å². The van der Waals surface area contributed by atoms with Crippen molar-refractivity contribution in [2.45, 2.75) is 12.8 Å². The number of nitrogens with zero attached hydrogens (tertiary/aromatic N) is 3. The van der Waals surface area contributed by atoms with E-state index in [4.69, 9.17) is 5.84 Å². The quantitative estimate of drug-likeness (QED) is 0.241. The third-order valence-corrected chi connectivity index (χ3v) is 6.36. The van der Waals surface area contributed by atoms with E-state index in [9.17, 15) is 4.79 Å². The first-order valence-corrected chi connectivity index (χ1v) is 11.2. The lowest BCUT2D eigenvalue weighted by Crippen LogP contribution is -2.46. The average molecular weight is 516 g/mol. The van der Waals surface area contributed by atoms with Gasteiger partial charge in [0.15, 0.2) is 0 Å². The van der Waals surface area contributed by atoms with Gasteiger partial charge in [0, 0.05) is 38.1 Å². The Balaban J connectivity index is 0.00000181. The number of para-hydroxylation sites is 1. The molecule has 0 atom stereocenters. The number of carbonyl (C=O) groups is 1. The molecule has 1 amide bonds. The van der Waals surface area contributed by atoms with E-state index in [0.717, 1.165) is 51.4 Å². The number of hydrogen-bond acceptors (Lipinski definition) is 7. The number of piperazine rings is 1. The van der Waals surface area contributed by atoms with Crippen molar-refractivity contribution in [3.05, 3.63) is 54.1 Å². The summed E-state index contributed by atoms with van der Waals surface area (Å²) >= 11 is 1.58. The monoisotopic (exact) mass is 514 g/mol. The van der Waals surface area contributed by atoms with Crippen molar-refractivity contribution in [1.29, 1.82) is 0 Å². The number of nitrogen functional groups attached to an aromatic ring is 1. The molecule has 2 aromatic carbocycles. The van der Waals surface area contributed by atoms with Gasteiger partial charge in [0.1, 0.15) is 5.82 Å². The first-order chi connectivity index (χ1) is 14.8. The maximum absolute atomic E-state index is 12.3. The van der Waals surface area contributed by atoms with Gasteiger partial charge in [0.05, 0.1) is 16.0 Å². The molecule has 11 heteroatoms. The predicted octanol–water partition coefficient (Wildman–Crippen LogP) is 2.93. The molecule has 0 unspecified atom stereocenters. The smallest absolute Gasteiger partial charge is 0.253 e. The van der Waals surface area contributed by atoms with E-state index in [0.29, 0.717) is 17.8 Å². The van der Waals surface area contributed by atoms with Crippen LogP contribution in [0.15, 0.2) is 48.5 Å². The molecule has 8 nitrogen and oxygen atoms in total. The van der Waals surface area contributed by atoms with Gasteiger partial charge in [-0.2, -0.15) is 4.37 Å². The summed E-state index contributed by atoms with van der Waals surface area (Å²) in [7, 11) is 0. The van der Waals surface area contributed by atoms with E-state index in [-0.39, 0.29) is 36.2 Å². The van der Waals surface area contributed by atoms with E-state index in [1.54, 1.807) is 23.7 Å². The molecule has 1 aromatic heterocycles. The molecule has 2 heterocycles. The van der Waals surface area contributed by atoms with Gasteiger partial charge in [0.25, 0.3) is 5.91 Å². The number of nitrogens with two attached hydrogens (primary N) is 1. The maximum atomic E-state index is 12.3. The molecule has 1 aliphatic rings. The second-order valence-corrected chi connectivity index (χ2v) is 8.29. The molecule has 1 aliphatic heterocycles. The first kappa shape index (κ1) is 28.9. The fourth-order valence-corrected chi connectivity index (χ4v) is 4.64. The minimum absolute atomic E-state index is 0. The molecule has 33 heavy (non-hydrogen) atoms. The zero-order valence-electron chi connectivity index (χ0n) is 18.3. The Kier molecular flexibility index (Phi) is 12.4. The number of nitrogens with one attached hydrogen (secondary N) is 2. The number of fused-ring (bicyclic) bond motifs is 1. The largest absolute Gasteiger partial charge is 0.412 e. The summed E-state index contributed by atoms with van der Waals surface area (Å²) in [6.07, 6.45) is 2.03. The number of anilines is 2. The van der Waals surface area contributed by atoms with Crippen LogP contribution in [0.5, 0.6) is 0 Å². The van der Waals surface area contributed by atoms with Crippen LogP contribution in [0.1, 0.15) is 23.2 Å². The number of hydrazine groups is 1. The molecule has 0 saturated carbocycles. The maximum Gasteiger partial charge on any atom is 0.253 e. The highest BCUT2D eigenvalue weighted by Gasteiger charge is 2.20. The SMILES string of the molecule is Cl.Cl.NNc1ccccc1C(=O)NCCCCN1CCN(c2nsc3ccccc23)CC1.O. The van der Waals surface area contributed by atoms with E-state index in [2.05, 4.69) is 49.2 Å². The summed E-state index contributed by atoms with van der Waals surface area (Å²) in [5.74, 6) is 6.51. The summed E-state index contributed by atoms with van der Waals surface area (Å²) in [5, 5.41) is 4.25. The second kappa shape index (κ2) is 14.2. The standard InChI is InChI=1S/C22H28N6OS.2ClH.H2O/c23-25-19-9-3-1-7-17(19)22(29)24-11-5-6-12-27-13-15-28(16-14-27)21-18-8-2-4-10-20(18)30-26-21;;;/h1-4,7-10,25H,5-6,11-16,23H2,(H,24,29);2*1H;1H2. The molecule has 6 N–H and O–H groups in total. The van der Waals surface area contributed by atoms with Gasteiger partial charge < -0.3 is 21.1 Å². The Morgan fingerprint density at radius 1 is 1.00 bits per heavy atom. The number of amides is 1.